The van der Waals surface area contributed by atoms with Crippen LogP contribution < -0.4 is 5.32 Å². The van der Waals surface area contributed by atoms with E-state index in [-0.39, 0.29) is 0 Å². The lowest BCUT2D eigenvalue weighted by molar-refractivity contribution is 1.12. The number of hydrogen-bond donors (Lipinski definition) is 1. The van der Waals surface area contributed by atoms with Crippen LogP contribution in [0.15, 0.2) is 35.7 Å². The average molecular weight is 296 g/mol. The summed E-state index contributed by atoms with van der Waals surface area (Å²) in [4.78, 5) is 2.28. The first-order valence-electron chi connectivity index (χ1n) is 5.73. The smallest absolute Gasteiger partial charge is 0.0455 e. The molecule has 0 saturated carbocycles. The molecule has 2 rings (SSSR count). The Morgan fingerprint density at radius 3 is 2.72 bits per heavy atom. The summed E-state index contributed by atoms with van der Waals surface area (Å²) in [6.07, 6.45) is 0.932. The summed E-state index contributed by atoms with van der Waals surface area (Å²) < 4.78 is 0. The predicted molar refractivity (Wildman–Crippen MR) is 86.1 cm³/mol. The Labute approximate surface area is 122 Å². The van der Waals surface area contributed by atoms with Gasteiger partial charge >= 0.3 is 0 Å². The van der Waals surface area contributed by atoms with Crippen LogP contribution in [0.1, 0.15) is 13.3 Å². The van der Waals surface area contributed by atoms with Gasteiger partial charge in [-0.2, -0.15) is 0 Å². The van der Waals surface area contributed by atoms with E-state index < -0.39 is 0 Å². The molecule has 1 N–H and O–H groups in total. The highest BCUT2D eigenvalue weighted by molar-refractivity contribution is 7.80. The molecule has 0 saturated heterocycles. The van der Waals surface area contributed by atoms with Gasteiger partial charge in [-0.15, -0.1) is 11.3 Å². The SMILES string of the molecule is CC(=S)CCNc1csc(-c2ccc(Cl)cc2)c1. The quantitative estimate of drug-likeness (QED) is 0.755. The Balaban J connectivity index is 2.01. The summed E-state index contributed by atoms with van der Waals surface area (Å²) in [5.74, 6) is 0. The Hall–Kier alpha value is -0.900. The molecule has 0 atom stereocenters. The normalized spacial score (nSPS) is 10.3. The summed E-state index contributed by atoms with van der Waals surface area (Å²) in [5.41, 5.74) is 2.35. The van der Waals surface area contributed by atoms with Crippen molar-refractivity contribution in [2.75, 3.05) is 11.9 Å². The van der Waals surface area contributed by atoms with Gasteiger partial charge in [-0.05, 0) is 42.0 Å². The van der Waals surface area contributed by atoms with Crippen LogP contribution in [-0.4, -0.2) is 11.4 Å². The van der Waals surface area contributed by atoms with Gasteiger partial charge < -0.3 is 5.32 Å². The minimum atomic E-state index is 0.769. The first-order chi connectivity index (χ1) is 8.65. The molecular weight excluding hydrogens is 282 g/mol. The third kappa shape index (κ3) is 3.80. The van der Waals surface area contributed by atoms with E-state index in [1.165, 1.54) is 10.4 Å². The van der Waals surface area contributed by atoms with Gasteiger partial charge in [0.15, 0.2) is 0 Å². The standard InChI is InChI=1S/C14H14ClNS2/c1-10(17)6-7-16-13-8-14(18-9-13)11-2-4-12(15)5-3-11/h2-5,8-9,16H,6-7H2,1H3. The maximum Gasteiger partial charge on any atom is 0.0455 e. The van der Waals surface area contributed by atoms with Crippen LogP contribution in [0.25, 0.3) is 10.4 Å². The first-order valence-corrected chi connectivity index (χ1v) is 7.39. The van der Waals surface area contributed by atoms with Crippen molar-refractivity contribution in [3.8, 4) is 10.4 Å². The fraction of sp³-hybridized carbons (Fsp3) is 0.214. The molecule has 0 spiro atoms. The Kier molecular flexibility index (Phi) is 4.75. The van der Waals surface area contributed by atoms with Crippen LogP contribution in [0.4, 0.5) is 5.69 Å². The maximum atomic E-state index is 5.88. The zero-order valence-electron chi connectivity index (χ0n) is 10.1. The molecule has 4 heteroatoms. The molecule has 2 aromatic rings. The number of rotatable bonds is 5. The summed E-state index contributed by atoms with van der Waals surface area (Å²) in [6, 6.07) is 10.1. The number of thiocarbonyl (C=S) groups is 1. The molecule has 1 nitrogen and oxygen atoms in total. The fourth-order valence-electron chi connectivity index (χ4n) is 1.58. The van der Waals surface area contributed by atoms with Gasteiger partial charge in [0.05, 0.1) is 0 Å². The Morgan fingerprint density at radius 2 is 2.06 bits per heavy atom. The van der Waals surface area contributed by atoms with E-state index in [0.29, 0.717) is 0 Å². The molecule has 0 aliphatic rings. The average Bonchev–Trinajstić information content (AvgIpc) is 2.78. The van der Waals surface area contributed by atoms with Gasteiger partial charge in [0.25, 0.3) is 0 Å². The Bertz CT molecular complexity index is 531. The number of anilines is 1. The highest BCUT2D eigenvalue weighted by Gasteiger charge is 2.02. The van der Waals surface area contributed by atoms with Gasteiger partial charge in [0, 0.05) is 27.5 Å². The van der Waals surface area contributed by atoms with Crippen LogP contribution in [-0.2, 0) is 0 Å². The molecule has 0 bridgehead atoms. The van der Waals surface area contributed by atoms with E-state index in [0.717, 1.165) is 28.5 Å². The van der Waals surface area contributed by atoms with Crippen LogP contribution >= 0.6 is 35.2 Å². The molecule has 18 heavy (non-hydrogen) atoms. The second-order valence-electron chi connectivity index (χ2n) is 4.09. The molecule has 0 aliphatic carbocycles. The third-order valence-corrected chi connectivity index (χ3v) is 3.97. The van der Waals surface area contributed by atoms with Crippen molar-refractivity contribution in [1.29, 1.82) is 0 Å². The fourth-order valence-corrected chi connectivity index (χ4v) is 2.68. The second-order valence-corrected chi connectivity index (χ2v) is 6.13. The van der Waals surface area contributed by atoms with Crippen molar-refractivity contribution in [2.45, 2.75) is 13.3 Å². The minimum Gasteiger partial charge on any atom is -0.384 e. The van der Waals surface area contributed by atoms with Gasteiger partial charge in [-0.25, -0.2) is 0 Å². The van der Waals surface area contributed by atoms with Crippen molar-refractivity contribution < 1.29 is 0 Å². The Morgan fingerprint density at radius 1 is 1.33 bits per heavy atom. The summed E-state index contributed by atoms with van der Waals surface area (Å²) >= 11 is 12.7. The monoisotopic (exact) mass is 295 g/mol. The lowest BCUT2D eigenvalue weighted by atomic mass is 10.2. The number of benzene rings is 1. The van der Waals surface area contributed by atoms with Gasteiger partial charge in [-0.3, -0.25) is 0 Å². The summed E-state index contributed by atoms with van der Waals surface area (Å²) in [6.45, 7) is 2.87. The molecule has 0 aliphatic heterocycles. The number of nitrogens with one attached hydrogen (secondary N) is 1. The lowest BCUT2D eigenvalue weighted by Crippen LogP contribution is -2.03. The van der Waals surface area contributed by atoms with Crippen molar-refractivity contribution in [3.63, 3.8) is 0 Å². The van der Waals surface area contributed by atoms with E-state index >= 15 is 0 Å². The van der Waals surface area contributed by atoms with Crippen LogP contribution in [0, 0.1) is 0 Å². The van der Waals surface area contributed by atoms with E-state index in [1.54, 1.807) is 11.3 Å². The van der Waals surface area contributed by atoms with Gasteiger partial charge in [0.1, 0.15) is 0 Å². The molecule has 0 radical (unpaired) electrons. The maximum absolute atomic E-state index is 5.88. The van der Waals surface area contributed by atoms with Crippen LogP contribution in [0.2, 0.25) is 5.02 Å². The molecule has 1 heterocycles. The largest absolute Gasteiger partial charge is 0.384 e. The van der Waals surface area contributed by atoms with E-state index in [4.69, 9.17) is 23.8 Å². The van der Waals surface area contributed by atoms with Crippen molar-refractivity contribution in [1.82, 2.24) is 0 Å². The van der Waals surface area contributed by atoms with E-state index in [1.807, 2.05) is 31.2 Å². The minimum absolute atomic E-state index is 0.769. The second kappa shape index (κ2) is 6.32. The predicted octanol–water partition coefficient (Wildman–Crippen LogP) is 5.26. The van der Waals surface area contributed by atoms with Crippen molar-refractivity contribution >= 4 is 45.7 Å². The third-order valence-electron chi connectivity index (χ3n) is 2.53. The van der Waals surface area contributed by atoms with Gasteiger partial charge in [-0.1, -0.05) is 36.0 Å². The number of hydrogen-bond acceptors (Lipinski definition) is 3. The summed E-state index contributed by atoms with van der Waals surface area (Å²) in [5, 5.41) is 6.27. The highest BCUT2D eigenvalue weighted by atomic mass is 35.5. The van der Waals surface area contributed by atoms with Crippen LogP contribution in [0.3, 0.4) is 0 Å². The molecule has 1 aromatic carbocycles. The molecule has 0 amide bonds. The molecule has 1 aromatic heterocycles. The number of halogens is 1. The van der Waals surface area contributed by atoms with Crippen molar-refractivity contribution in [2.24, 2.45) is 0 Å². The van der Waals surface area contributed by atoms with Gasteiger partial charge in [0.2, 0.25) is 0 Å². The first kappa shape index (κ1) is 13.5. The number of thiophene rings is 1. The molecule has 0 unspecified atom stereocenters. The molecule has 94 valence electrons. The van der Waals surface area contributed by atoms with Crippen LogP contribution in [0.5, 0.6) is 0 Å². The zero-order valence-corrected chi connectivity index (χ0v) is 12.5. The van der Waals surface area contributed by atoms with E-state index in [2.05, 4.69) is 16.8 Å². The summed E-state index contributed by atoms with van der Waals surface area (Å²) in [7, 11) is 0. The topological polar surface area (TPSA) is 12.0 Å². The lowest BCUT2D eigenvalue weighted by Gasteiger charge is -2.01. The van der Waals surface area contributed by atoms with Crippen molar-refractivity contribution in [3.05, 3.63) is 40.7 Å². The molecular formula is C14H14ClNS2. The highest BCUT2D eigenvalue weighted by Crippen LogP contribution is 2.30. The zero-order chi connectivity index (χ0) is 13.0. The molecule has 0 fully saturated rings. The van der Waals surface area contributed by atoms with E-state index in [9.17, 15) is 0 Å².